The third-order valence-electron chi connectivity index (χ3n) is 7.48. The average molecular weight is 534 g/mol. The van der Waals surface area contributed by atoms with Gasteiger partial charge in [0, 0.05) is 18.5 Å². The van der Waals surface area contributed by atoms with Crippen molar-refractivity contribution in [2.75, 3.05) is 7.11 Å². The fourth-order valence-corrected chi connectivity index (χ4v) is 5.40. The first-order valence-corrected chi connectivity index (χ1v) is 13.2. The summed E-state index contributed by atoms with van der Waals surface area (Å²) in [4.78, 5) is 27.9. The van der Waals surface area contributed by atoms with Crippen molar-refractivity contribution < 1.29 is 33.3 Å². The molecular weight excluding hydrogens is 501 g/mol. The van der Waals surface area contributed by atoms with E-state index < -0.39 is 29.8 Å². The lowest BCUT2D eigenvalue weighted by Gasteiger charge is -2.37. The van der Waals surface area contributed by atoms with Crippen LogP contribution in [-0.4, -0.2) is 41.1 Å². The van der Waals surface area contributed by atoms with Gasteiger partial charge in [-0.15, -0.1) is 0 Å². The Hall–Kier alpha value is -3.91. The Morgan fingerprint density at radius 2 is 1.74 bits per heavy atom. The molecule has 0 saturated heterocycles. The Bertz CT molecular complexity index is 1310. The average Bonchev–Trinajstić information content (AvgIpc) is 3.48. The minimum absolute atomic E-state index is 0.0529. The molecule has 204 valence electrons. The molecule has 1 aliphatic heterocycles. The molecule has 1 N–H and O–H groups in total. The number of ether oxygens (including phenoxy) is 3. The highest BCUT2D eigenvalue weighted by Crippen LogP contribution is 2.40. The van der Waals surface area contributed by atoms with E-state index in [9.17, 15) is 19.1 Å². The number of nitrogens with zero attached hydrogens (tertiary/aromatic N) is 1. The molecule has 0 aromatic heterocycles. The van der Waals surface area contributed by atoms with Crippen LogP contribution in [0.1, 0.15) is 54.0 Å². The molecule has 2 aliphatic rings. The van der Waals surface area contributed by atoms with Crippen molar-refractivity contribution in [2.24, 2.45) is 0 Å². The highest BCUT2D eigenvalue weighted by Gasteiger charge is 2.41. The summed E-state index contributed by atoms with van der Waals surface area (Å²) in [5.41, 5.74) is 2.95. The zero-order valence-corrected chi connectivity index (χ0v) is 21.8. The molecule has 1 aliphatic carbocycles. The molecule has 1 heterocycles. The molecule has 3 aromatic carbocycles. The number of hydrogen-bond acceptors (Lipinski definition) is 5. The lowest BCUT2D eigenvalue weighted by Crippen LogP contribution is -2.50. The topological polar surface area (TPSA) is 85.3 Å². The van der Waals surface area contributed by atoms with Gasteiger partial charge in [-0.3, -0.25) is 4.79 Å². The minimum Gasteiger partial charge on any atom is -0.493 e. The number of amides is 1. The maximum atomic E-state index is 14.0. The van der Waals surface area contributed by atoms with Crippen LogP contribution in [0.5, 0.6) is 11.5 Å². The molecule has 7 nitrogen and oxygen atoms in total. The normalized spacial score (nSPS) is 17.9. The molecule has 0 spiro atoms. The van der Waals surface area contributed by atoms with Gasteiger partial charge in [0.1, 0.15) is 18.5 Å². The quantitative estimate of drug-likeness (QED) is 0.394. The van der Waals surface area contributed by atoms with Crippen molar-refractivity contribution in [1.82, 2.24) is 4.90 Å². The molecule has 0 bridgehead atoms. The predicted octanol–water partition coefficient (Wildman–Crippen LogP) is 5.45. The smallest absolute Gasteiger partial charge is 0.326 e. The van der Waals surface area contributed by atoms with Gasteiger partial charge in [0.05, 0.1) is 13.2 Å². The number of halogens is 1. The van der Waals surface area contributed by atoms with Gasteiger partial charge < -0.3 is 24.2 Å². The van der Waals surface area contributed by atoms with E-state index in [1.807, 2.05) is 36.4 Å². The molecule has 8 heteroatoms. The van der Waals surface area contributed by atoms with Gasteiger partial charge in [-0.25, -0.2) is 9.18 Å². The highest BCUT2D eigenvalue weighted by atomic mass is 19.1. The van der Waals surface area contributed by atoms with Crippen LogP contribution in [0.15, 0.2) is 66.7 Å². The summed E-state index contributed by atoms with van der Waals surface area (Å²) in [6.07, 6.45) is 2.61. The van der Waals surface area contributed by atoms with Crippen molar-refractivity contribution in [3.8, 4) is 11.5 Å². The number of carbonyl (C=O) groups is 2. The summed E-state index contributed by atoms with van der Waals surface area (Å²) in [6.45, 7) is 0.360. The molecule has 39 heavy (non-hydrogen) atoms. The second-order valence-electron chi connectivity index (χ2n) is 10.0. The van der Waals surface area contributed by atoms with Crippen molar-refractivity contribution >= 4 is 11.9 Å². The first-order chi connectivity index (χ1) is 18.9. The second kappa shape index (κ2) is 11.9. The van der Waals surface area contributed by atoms with Crippen molar-refractivity contribution in [3.05, 3.63) is 94.8 Å². The van der Waals surface area contributed by atoms with Gasteiger partial charge in [0.2, 0.25) is 0 Å². The van der Waals surface area contributed by atoms with Gasteiger partial charge in [-0.05, 0) is 47.7 Å². The number of hydrogen-bond donors (Lipinski definition) is 1. The van der Waals surface area contributed by atoms with Gasteiger partial charge in [0.25, 0.3) is 5.91 Å². The molecule has 0 radical (unpaired) electrons. The molecule has 0 unspecified atom stereocenters. The van der Waals surface area contributed by atoms with Crippen molar-refractivity contribution in [2.45, 2.75) is 63.5 Å². The van der Waals surface area contributed by atoms with E-state index in [0.29, 0.717) is 22.6 Å². The Morgan fingerprint density at radius 3 is 2.41 bits per heavy atom. The van der Waals surface area contributed by atoms with E-state index in [1.54, 1.807) is 6.07 Å². The standard InChI is InChI=1S/C31H32FNO6/c1-37-27-16-13-22-18-33(26(31(35)36)17-25(22)29(27)38-19-20-7-3-2-4-8-20)30(34)28(39-24-9-5-6-10-24)21-11-14-23(32)15-12-21/h2-4,7-8,11-16,24,26,28H,5-6,9-10,17-19H2,1H3,(H,35,36)/t26-,28+/m0/s1. The maximum absolute atomic E-state index is 14.0. The summed E-state index contributed by atoms with van der Waals surface area (Å²) < 4.78 is 31.7. The monoisotopic (exact) mass is 533 g/mol. The Labute approximate surface area is 227 Å². The Kier molecular flexibility index (Phi) is 8.12. The molecule has 1 saturated carbocycles. The number of carbonyl (C=O) groups excluding carboxylic acids is 1. The largest absolute Gasteiger partial charge is 0.493 e. The third kappa shape index (κ3) is 5.91. The van der Waals surface area contributed by atoms with Crippen LogP contribution in [0.25, 0.3) is 0 Å². The Morgan fingerprint density at radius 1 is 1.03 bits per heavy atom. The van der Waals surface area contributed by atoms with Gasteiger partial charge in [0.15, 0.2) is 17.6 Å². The van der Waals surface area contributed by atoms with E-state index in [2.05, 4.69) is 0 Å². The number of carboxylic acids is 1. The lowest BCUT2D eigenvalue weighted by molar-refractivity contribution is -0.160. The lowest BCUT2D eigenvalue weighted by atomic mass is 9.91. The number of aliphatic carboxylic acids is 1. The minimum atomic E-state index is -1.13. The van der Waals surface area contributed by atoms with E-state index in [1.165, 1.54) is 36.3 Å². The first-order valence-electron chi connectivity index (χ1n) is 13.2. The van der Waals surface area contributed by atoms with Crippen LogP contribution in [0, 0.1) is 5.82 Å². The van der Waals surface area contributed by atoms with Crippen LogP contribution in [0.4, 0.5) is 4.39 Å². The van der Waals surface area contributed by atoms with Crippen molar-refractivity contribution in [1.29, 1.82) is 0 Å². The maximum Gasteiger partial charge on any atom is 0.326 e. The second-order valence-corrected chi connectivity index (χ2v) is 10.0. The summed E-state index contributed by atoms with van der Waals surface area (Å²) in [5, 5.41) is 10.2. The first kappa shape index (κ1) is 26.7. The molecular formula is C31H32FNO6. The molecule has 1 amide bonds. The number of methoxy groups -OCH3 is 1. The third-order valence-corrected chi connectivity index (χ3v) is 7.48. The van der Waals surface area contributed by atoms with E-state index in [4.69, 9.17) is 14.2 Å². The summed E-state index contributed by atoms with van der Waals surface area (Å²) in [7, 11) is 1.54. The van der Waals surface area contributed by atoms with Crippen LogP contribution >= 0.6 is 0 Å². The fourth-order valence-electron chi connectivity index (χ4n) is 5.40. The number of fused-ring (bicyclic) bond motifs is 1. The number of benzene rings is 3. The zero-order valence-electron chi connectivity index (χ0n) is 21.8. The molecule has 2 atom stereocenters. The zero-order chi connectivity index (χ0) is 27.4. The van der Waals surface area contributed by atoms with E-state index in [-0.39, 0.29) is 25.7 Å². The van der Waals surface area contributed by atoms with Crippen LogP contribution in [0.2, 0.25) is 0 Å². The highest BCUT2D eigenvalue weighted by molar-refractivity contribution is 5.88. The SMILES string of the molecule is COc1ccc2c(c1OCc1ccccc1)C[C@@H](C(=O)O)N(C(=O)[C@H](OC1CCCC1)c1ccc(F)cc1)C2. The molecule has 1 fully saturated rings. The summed E-state index contributed by atoms with van der Waals surface area (Å²) >= 11 is 0. The summed E-state index contributed by atoms with van der Waals surface area (Å²) in [6, 6.07) is 17.8. The van der Waals surface area contributed by atoms with Gasteiger partial charge in [-0.1, -0.05) is 61.4 Å². The summed E-state index contributed by atoms with van der Waals surface area (Å²) in [5.74, 6) is -1.01. The van der Waals surface area contributed by atoms with Crippen LogP contribution in [0.3, 0.4) is 0 Å². The van der Waals surface area contributed by atoms with E-state index >= 15 is 0 Å². The molecule has 5 rings (SSSR count). The van der Waals surface area contributed by atoms with Crippen LogP contribution < -0.4 is 9.47 Å². The number of rotatable bonds is 9. The van der Waals surface area contributed by atoms with Gasteiger partial charge in [-0.2, -0.15) is 0 Å². The van der Waals surface area contributed by atoms with E-state index in [0.717, 1.165) is 36.8 Å². The van der Waals surface area contributed by atoms with Crippen LogP contribution in [-0.2, 0) is 33.9 Å². The van der Waals surface area contributed by atoms with Crippen molar-refractivity contribution in [3.63, 3.8) is 0 Å². The Balaban J connectivity index is 1.46. The predicted molar refractivity (Wildman–Crippen MR) is 142 cm³/mol. The van der Waals surface area contributed by atoms with Gasteiger partial charge >= 0.3 is 5.97 Å². The fraction of sp³-hybridized carbons (Fsp3) is 0.355. The molecule has 3 aromatic rings. The number of carboxylic acid groups (broad SMARTS) is 1.